The van der Waals surface area contributed by atoms with Crippen LogP contribution in [-0.4, -0.2) is 24.5 Å². The Labute approximate surface area is 102 Å². The molecule has 7 heteroatoms. The summed E-state index contributed by atoms with van der Waals surface area (Å²) in [5.41, 5.74) is 5.99. The van der Waals surface area contributed by atoms with E-state index < -0.39 is 19.1 Å². The van der Waals surface area contributed by atoms with Gasteiger partial charge in [0.25, 0.3) is 0 Å². The number of halogens is 3. The molecule has 0 bridgehead atoms. The predicted octanol–water partition coefficient (Wildman–Crippen LogP) is 2.24. The van der Waals surface area contributed by atoms with Gasteiger partial charge in [-0.1, -0.05) is 0 Å². The van der Waals surface area contributed by atoms with Crippen LogP contribution in [0.25, 0.3) is 0 Å². The minimum atomic E-state index is -4.40. The van der Waals surface area contributed by atoms with E-state index in [1.54, 1.807) is 6.92 Å². The zero-order valence-corrected chi connectivity index (χ0v) is 9.70. The second-order valence-electron chi connectivity index (χ2n) is 3.50. The number of benzene rings is 1. The number of hydrogen-bond acceptors (Lipinski definition) is 4. The standard InChI is InChI=1S/C11H14F3NO3/c1-2-17-10(16)8-4-3-7(5-9(8)15)18-6-11(12,13)14/h3-5,10,16H,2,6,15H2,1H3. The molecule has 1 rings (SSSR count). The first-order valence-electron chi connectivity index (χ1n) is 5.22. The van der Waals surface area contributed by atoms with Gasteiger partial charge in [-0.25, -0.2) is 0 Å². The Kier molecular flexibility index (Phi) is 4.80. The van der Waals surface area contributed by atoms with Crippen molar-refractivity contribution in [3.05, 3.63) is 23.8 Å². The largest absolute Gasteiger partial charge is 0.484 e. The van der Waals surface area contributed by atoms with Crippen LogP contribution in [0.4, 0.5) is 18.9 Å². The van der Waals surface area contributed by atoms with Gasteiger partial charge in [0.2, 0.25) is 0 Å². The molecule has 0 aromatic heterocycles. The van der Waals surface area contributed by atoms with Gasteiger partial charge in [0.15, 0.2) is 12.9 Å². The van der Waals surface area contributed by atoms with Gasteiger partial charge in [-0.15, -0.1) is 0 Å². The number of alkyl halides is 3. The maximum Gasteiger partial charge on any atom is 0.422 e. The predicted molar refractivity (Wildman–Crippen MR) is 59.0 cm³/mol. The topological polar surface area (TPSA) is 64.7 Å². The molecule has 4 nitrogen and oxygen atoms in total. The summed E-state index contributed by atoms with van der Waals surface area (Å²) in [6.45, 7) is 0.590. The van der Waals surface area contributed by atoms with Crippen molar-refractivity contribution in [1.29, 1.82) is 0 Å². The number of ether oxygens (including phenoxy) is 2. The van der Waals surface area contributed by atoms with E-state index in [2.05, 4.69) is 4.74 Å². The zero-order valence-electron chi connectivity index (χ0n) is 9.70. The molecule has 0 heterocycles. The van der Waals surface area contributed by atoms with Crippen molar-refractivity contribution in [3.63, 3.8) is 0 Å². The summed E-state index contributed by atoms with van der Waals surface area (Å²) in [5.74, 6) is -0.0164. The molecule has 0 fully saturated rings. The van der Waals surface area contributed by atoms with Gasteiger partial charge >= 0.3 is 6.18 Å². The maximum absolute atomic E-state index is 11.9. The quantitative estimate of drug-likeness (QED) is 0.633. The van der Waals surface area contributed by atoms with E-state index >= 15 is 0 Å². The third-order valence-electron chi connectivity index (χ3n) is 2.05. The first-order chi connectivity index (χ1) is 8.33. The Bertz CT molecular complexity index is 396. The van der Waals surface area contributed by atoms with Gasteiger partial charge in [-0.2, -0.15) is 13.2 Å². The van der Waals surface area contributed by atoms with Gasteiger partial charge in [-0.05, 0) is 19.1 Å². The van der Waals surface area contributed by atoms with Gasteiger partial charge in [-0.3, -0.25) is 0 Å². The van der Waals surface area contributed by atoms with Crippen molar-refractivity contribution in [2.24, 2.45) is 0 Å². The zero-order chi connectivity index (χ0) is 13.8. The normalized spacial score (nSPS) is 13.4. The number of anilines is 1. The van der Waals surface area contributed by atoms with E-state index in [0.717, 1.165) is 0 Å². The molecule has 0 aliphatic carbocycles. The average molecular weight is 265 g/mol. The molecule has 1 aromatic rings. The molecule has 102 valence electrons. The minimum Gasteiger partial charge on any atom is -0.484 e. The summed E-state index contributed by atoms with van der Waals surface area (Å²) in [5, 5.41) is 9.53. The van der Waals surface area contributed by atoms with Gasteiger partial charge < -0.3 is 20.3 Å². The molecule has 0 amide bonds. The molecule has 0 saturated carbocycles. The Balaban J connectivity index is 2.73. The number of aliphatic hydroxyl groups is 1. The second-order valence-corrected chi connectivity index (χ2v) is 3.50. The van der Waals surface area contributed by atoms with E-state index in [1.807, 2.05) is 0 Å². The third-order valence-corrected chi connectivity index (χ3v) is 2.05. The van der Waals surface area contributed by atoms with E-state index in [1.165, 1.54) is 18.2 Å². The molecule has 18 heavy (non-hydrogen) atoms. The highest BCUT2D eigenvalue weighted by molar-refractivity contribution is 5.52. The van der Waals surface area contributed by atoms with Crippen molar-refractivity contribution in [3.8, 4) is 5.75 Å². The van der Waals surface area contributed by atoms with Crippen LogP contribution in [0.1, 0.15) is 18.8 Å². The van der Waals surface area contributed by atoms with Gasteiger partial charge in [0, 0.05) is 23.9 Å². The molecule has 0 aliphatic rings. The lowest BCUT2D eigenvalue weighted by atomic mass is 10.1. The van der Waals surface area contributed by atoms with Crippen LogP contribution in [-0.2, 0) is 4.74 Å². The summed E-state index contributed by atoms with van der Waals surface area (Å²) in [4.78, 5) is 0. The highest BCUT2D eigenvalue weighted by Gasteiger charge is 2.28. The smallest absolute Gasteiger partial charge is 0.422 e. The first-order valence-corrected chi connectivity index (χ1v) is 5.22. The lowest BCUT2D eigenvalue weighted by Crippen LogP contribution is -2.19. The minimum absolute atomic E-state index is 0.0164. The summed E-state index contributed by atoms with van der Waals surface area (Å²) in [6.07, 6.45) is -5.61. The highest BCUT2D eigenvalue weighted by atomic mass is 19.4. The number of nitrogen functional groups attached to an aromatic ring is 1. The molecule has 1 unspecified atom stereocenters. The lowest BCUT2D eigenvalue weighted by Gasteiger charge is -2.15. The lowest BCUT2D eigenvalue weighted by molar-refractivity contribution is -0.153. The second kappa shape index (κ2) is 5.92. The molecular weight excluding hydrogens is 251 g/mol. The summed E-state index contributed by atoms with van der Waals surface area (Å²) < 4.78 is 45.2. The molecular formula is C11H14F3NO3. The SMILES string of the molecule is CCOC(O)c1ccc(OCC(F)(F)F)cc1N. The van der Waals surface area contributed by atoms with E-state index in [-0.39, 0.29) is 23.6 Å². The number of aliphatic hydroxyl groups excluding tert-OH is 1. The van der Waals surface area contributed by atoms with Gasteiger partial charge in [0.1, 0.15) is 5.75 Å². The van der Waals surface area contributed by atoms with E-state index in [9.17, 15) is 18.3 Å². The Hall–Kier alpha value is -1.47. The molecule has 0 radical (unpaired) electrons. The summed E-state index contributed by atoms with van der Waals surface area (Å²) in [6, 6.07) is 3.87. The number of hydrogen-bond donors (Lipinski definition) is 2. The van der Waals surface area contributed by atoms with Crippen LogP contribution in [0.15, 0.2) is 18.2 Å². The Morgan fingerprint density at radius 2 is 2.06 bits per heavy atom. The highest BCUT2D eigenvalue weighted by Crippen LogP contribution is 2.27. The van der Waals surface area contributed by atoms with Crippen molar-refractivity contribution in [2.45, 2.75) is 19.4 Å². The average Bonchev–Trinajstić information content (AvgIpc) is 2.25. The van der Waals surface area contributed by atoms with Crippen LogP contribution in [0.5, 0.6) is 5.75 Å². The Morgan fingerprint density at radius 3 is 2.56 bits per heavy atom. The Morgan fingerprint density at radius 1 is 1.39 bits per heavy atom. The summed E-state index contributed by atoms with van der Waals surface area (Å²) in [7, 11) is 0. The number of rotatable bonds is 5. The molecule has 1 aromatic carbocycles. The first kappa shape index (κ1) is 14.6. The van der Waals surface area contributed by atoms with Crippen molar-refractivity contribution >= 4 is 5.69 Å². The van der Waals surface area contributed by atoms with Crippen molar-refractivity contribution in [2.75, 3.05) is 18.9 Å². The summed E-state index contributed by atoms with van der Waals surface area (Å²) >= 11 is 0. The third kappa shape index (κ3) is 4.42. The van der Waals surface area contributed by atoms with Crippen molar-refractivity contribution < 1.29 is 27.8 Å². The van der Waals surface area contributed by atoms with E-state index in [4.69, 9.17) is 10.5 Å². The van der Waals surface area contributed by atoms with Crippen LogP contribution in [0, 0.1) is 0 Å². The number of nitrogens with two attached hydrogens (primary N) is 1. The van der Waals surface area contributed by atoms with Crippen LogP contribution >= 0.6 is 0 Å². The maximum atomic E-state index is 11.9. The molecule has 3 N–H and O–H groups in total. The van der Waals surface area contributed by atoms with E-state index in [0.29, 0.717) is 0 Å². The molecule has 0 aliphatic heterocycles. The van der Waals surface area contributed by atoms with Crippen LogP contribution in [0.3, 0.4) is 0 Å². The fraction of sp³-hybridized carbons (Fsp3) is 0.455. The monoisotopic (exact) mass is 265 g/mol. The molecule has 1 atom stereocenters. The molecule has 0 saturated heterocycles. The molecule has 0 spiro atoms. The fourth-order valence-corrected chi connectivity index (χ4v) is 1.28. The van der Waals surface area contributed by atoms with Crippen molar-refractivity contribution in [1.82, 2.24) is 0 Å². The van der Waals surface area contributed by atoms with Crippen LogP contribution < -0.4 is 10.5 Å². The van der Waals surface area contributed by atoms with Gasteiger partial charge in [0.05, 0.1) is 0 Å². The van der Waals surface area contributed by atoms with Crippen LogP contribution in [0.2, 0.25) is 0 Å². The fourth-order valence-electron chi connectivity index (χ4n) is 1.28.